The van der Waals surface area contributed by atoms with Crippen molar-refractivity contribution >= 4 is 54.6 Å². The third-order valence-corrected chi connectivity index (χ3v) is 10.3. The summed E-state index contributed by atoms with van der Waals surface area (Å²) in [6.45, 7) is 0. The first-order valence-electron chi connectivity index (χ1n) is 18.1. The highest BCUT2D eigenvalue weighted by Crippen LogP contribution is 2.42. The molecule has 0 unspecified atom stereocenters. The third kappa shape index (κ3) is 4.60. The van der Waals surface area contributed by atoms with E-state index in [1.807, 2.05) is 66.7 Å². The van der Waals surface area contributed by atoms with E-state index in [1.165, 1.54) is 5.39 Å². The molecule has 0 amide bonds. The summed E-state index contributed by atoms with van der Waals surface area (Å²) in [6, 6.07) is 63.0. The minimum absolute atomic E-state index is 0.554. The predicted octanol–water partition coefficient (Wildman–Crippen LogP) is 11.6. The minimum atomic E-state index is 0.554. The van der Waals surface area contributed by atoms with Gasteiger partial charge in [-0.1, -0.05) is 158 Å². The summed E-state index contributed by atoms with van der Waals surface area (Å²) < 4.78 is 4.63. The Kier molecular flexibility index (Phi) is 6.75. The summed E-state index contributed by atoms with van der Waals surface area (Å²) >= 11 is 0. The van der Waals surface area contributed by atoms with Crippen molar-refractivity contribution in [2.75, 3.05) is 0 Å². The number of aromatic nitrogens is 6. The topological polar surface area (TPSA) is 61.4 Å². The lowest BCUT2D eigenvalue weighted by atomic mass is 10.1. The van der Waals surface area contributed by atoms with Crippen LogP contribution in [0.15, 0.2) is 182 Å². The van der Waals surface area contributed by atoms with Crippen LogP contribution < -0.4 is 0 Å². The number of benzene rings is 7. The van der Waals surface area contributed by atoms with E-state index in [0.717, 1.165) is 72.0 Å². The van der Waals surface area contributed by atoms with Crippen molar-refractivity contribution in [1.29, 1.82) is 0 Å². The lowest BCUT2D eigenvalue weighted by Gasteiger charge is -2.15. The molecule has 0 bridgehead atoms. The zero-order valence-electron chi connectivity index (χ0n) is 29.0. The van der Waals surface area contributed by atoms with Crippen LogP contribution in [0.1, 0.15) is 0 Å². The maximum Gasteiger partial charge on any atom is 0.236 e. The molecule has 0 atom stereocenters. The van der Waals surface area contributed by atoms with E-state index in [0.29, 0.717) is 22.8 Å². The molecule has 11 aromatic rings. The molecule has 0 aliphatic carbocycles. The average Bonchev–Trinajstić information content (AvgIpc) is 3.77. The number of hydrogen-bond acceptors (Lipinski definition) is 4. The fourth-order valence-corrected chi connectivity index (χ4v) is 7.97. The second-order valence-corrected chi connectivity index (χ2v) is 13.5. The Morgan fingerprint density at radius 2 is 0.759 bits per heavy atom. The van der Waals surface area contributed by atoms with Crippen LogP contribution in [0.3, 0.4) is 0 Å². The molecule has 0 radical (unpaired) electrons. The van der Waals surface area contributed by atoms with Gasteiger partial charge in [-0.05, 0) is 24.3 Å². The van der Waals surface area contributed by atoms with Crippen LogP contribution in [0, 0.1) is 0 Å². The Bertz CT molecular complexity index is 3190. The molecule has 11 rings (SSSR count). The van der Waals surface area contributed by atoms with Gasteiger partial charge in [-0.15, -0.1) is 0 Å². The van der Waals surface area contributed by atoms with Crippen LogP contribution >= 0.6 is 0 Å². The molecule has 252 valence electrons. The molecular formula is C48H30N6. The van der Waals surface area contributed by atoms with Crippen molar-refractivity contribution in [2.45, 2.75) is 0 Å². The molecule has 6 nitrogen and oxygen atoms in total. The summed E-state index contributed by atoms with van der Waals surface area (Å²) in [7, 11) is 0. The Balaban J connectivity index is 1.33. The van der Waals surface area contributed by atoms with E-state index in [9.17, 15) is 0 Å². The number of para-hydroxylation sites is 3. The lowest BCUT2D eigenvalue weighted by molar-refractivity contribution is 1.00. The van der Waals surface area contributed by atoms with Crippen molar-refractivity contribution in [1.82, 2.24) is 29.1 Å². The summed E-state index contributed by atoms with van der Waals surface area (Å²) in [5.41, 5.74) is 11.1. The molecule has 0 spiro atoms. The van der Waals surface area contributed by atoms with Gasteiger partial charge in [0, 0.05) is 43.9 Å². The van der Waals surface area contributed by atoms with E-state index >= 15 is 0 Å². The predicted molar refractivity (Wildman–Crippen MR) is 220 cm³/mol. The Morgan fingerprint density at radius 1 is 0.315 bits per heavy atom. The van der Waals surface area contributed by atoms with Gasteiger partial charge in [0.1, 0.15) is 22.4 Å². The van der Waals surface area contributed by atoms with Gasteiger partial charge in [-0.25, -0.2) is 19.9 Å². The standard InChI is InChI=1S/C48H30N6/c1-5-17-31(18-6-1)41-44-43(50-47(49-41)33-21-9-3-10-22-33)42(32-19-7-2-8-20-32)51-48(52-44)54-40-28-16-14-26-36(40)38-30-29-37-35-25-13-15-27-39(35)53(45(37)46(38)54)34-23-11-4-12-24-34/h1-30H. The lowest BCUT2D eigenvalue weighted by Crippen LogP contribution is -2.07. The largest absolute Gasteiger partial charge is 0.307 e. The molecule has 0 saturated carbocycles. The quantitative estimate of drug-likeness (QED) is 0.180. The second kappa shape index (κ2) is 12.1. The Labute approximate surface area is 310 Å². The Morgan fingerprint density at radius 3 is 1.35 bits per heavy atom. The smallest absolute Gasteiger partial charge is 0.236 e. The van der Waals surface area contributed by atoms with Crippen LogP contribution in [0.25, 0.3) is 100 Å². The van der Waals surface area contributed by atoms with Crippen LogP contribution in [-0.4, -0.2) is 29.1 Å². The van der Waals surface area contributed by atoms with Crippen LogP contribution in [0.5, 0.6) is 0 Å². The van der Waals surface area contributed by atoms with Gasteiger partial charge in [-0.3, -0.25) is 4.57 Å². The highest BCUT2D eigenvalue weighted by atomic mass is 15.2. The van der Waals surface area contributed by atoms with Crippen LogP contribution in [-0.2, 0) is 0 Å². The Hall–Kier alpha value is -7.44. The third-order valence-electron chi connectivity index (χ3n) is 10.3. The first-order chi connectivity index (χ1) is 26.8. The summed E-state index contributed by atoms with van der Waals surface area (Å²) in [5.74, 6) is 1.18. The number of nitrogens with zero attached hydrogens (tertiary/aromatic N) is 6. The van der Waals surface area contributed by atoms with Gasteiger partial charge < -0.3 is 4.57 Å². The molecule has 4 aromatic heterocycles. The van der Waals surface area contributed by atoms with E-state index in [1.54, 1.807) is 0 Å². The van der Waals surface area contributed by atoms with Gasteiger partial charge in [0.05, 0.1) is 22.1 Å². The van der Waals surface area contributed by atoms with E-state index in [-0.39, 0.29) is 0 Å². The van der Waals surface area contributed by atoms with E-state index in [2.05, 4.69) is 124 Å². The molecule has 0 saturated heterocycles. The monoisotopic (exact) mass is 690 g/mol. The van der Waals surface area contributed by atoms with E-state index in [4.69, 9.17) is 19.9 Å². The normalized spacial score (nSPS) is 11.7. The number of hydrogen-bond donors (Lipinski definition) is 0. The van der Waals surface area contributed by atoms with Gasteiger partial charge in [0.2, 0.25) is 5.95 Å². The van der Waals surface area contributed by atoms with Gasteiger partial charge in [0.25, 0.3) is 0 Å². The van der Waals surface area contributed by atoms with Crippen molar-refractivity contribution in [3.05, 3.63) is 182 Å². The maximum absolute atomic E-state index is 5.50. The minimum Gasteiger partial charge on any atom is -0.307 e. The van der Waals surface area contributed by atoms with Crippen molar-refractivity contribution in [2.24, 2.45) is 0 Å². The first-order valence-corrected chi connectivity index (χ1v) is 18.1. The van der Waals surface area contributed by atoms with E-state index < -0.39 is 0 Å². The fourth-order valence-electron chi connectivity index (χ4n) is 7.97. The van der Waals surface area contributed by atoms with Gasteiger partial charge in [-0.2, -0.15) is 0 Å². The molecule has 0 aliphatic heterocycles. The average molecular weight is 691 g/mol. The molecular weight excluding hydrogens is 661 g/mol. The number of rotatable bonds is 5. The van der Waals surface area contributed by atoms with Gasteiger partial charge >= 0.3 is 0 Å². The van der Waals surface area contributed by atoms with Crippen LogP contribution in [0.4, 0.5) is 0 Å². The summed E-state index contributed by atoms with van der Waals surface area (Å²) in [5, 5.41) is 4.61. The highest BCUT2D eigenvalue weighted by molar-refractivity contribution is 6.23. The molecule has 0 aliphatic rings. The summed E-state index contributed by atoms with van der Waals surface area (Å²) in [4.78, 5) is 21.5. The zero-order chi connectivity index (χ0) is 35.6. The molecule has 6 heteroatoms. The van der Waals surface area contributed by atoms with Crippen molar-refractivity contribution in [3.8, 4) is 45.5 Å². The number of fused-ring (bicyclic) bond motifs is 8. The molecule has 54 heavy (non-hydrogen) atoms. The summed E-state index contributed by atoms with van der Waals surface area (Å²) in [6.07, 6.45) is 0. The fraction of sp³-hybridized carbons (Fsp3) is 0. The molecule has 7 aromatic carbocycles. The van der Waals surface area contributed by atoms with Crippen molar-refractivity contribution < 1.29 is 0 Å². The van der Waals surface area contributed by atoms with Gasteiger partial charge in [0.15, 0.2) is 5.82 Å². The highest BCUT2D eigenvalue weighted by Gasteiger charge is 2.25. The molecule has 4 heterocycles. The maximum atomic E-state index is 5.50. The van der Waals surface area contributed by atoms with Crippen molar-refractivity contribution in [3.63, 3.8) is 0 Å². The first kappa shape index (κ1) is 30.2. The molecule has 0 N–H and O–H groups in total. The molecule has 0 fully saturated rings. The second-order valence-electron chi connectivity index (χ2n) is 13.5. The SMILES string of the molecule is c1ccc(-c2nc(-c3ccccc3)c3nc(-n4c5ccccc5c5ccc6c7ccccc7n(-c7ccccc7)c6c54)nc(-c4ccccc4)c3n2)cc1. The van der Waals surface area contributed by atoms with Crippen LogP contribution in [0.2, 0.25) is 0 Å². The zero-order valence-corrected chi connectivity index (χ0v) is 29.0.